The van der Waals surface area contributed by atoms with Crippen molar-refractivity contribution in [1.82, 2.24) is 4.98 Å². The average Bonchev–Trinajstić information content (AvgIpc) is 3.17. The Balaban J connectivity index is 1.42. The number of amides is 1. The Morgan fingerprint density at radius 1 is 1.19 bits per heavy atom. The van der Waals surface area contributed by atoms with Gasteiger partial charge in [-0.15, -0.1) is 11.3 Å². The number of carbonyl (C=O) groups is 1. The molecule has 1 aromatic heterocycles. The van der Waals surface area contributed by atoms with Crippen LogP contribution in [0.2, 0.25) is 10.0 Å². The lowest BCUT2D eigenvalue weighted by molar-refractivity contribution is -0.113. The third-order valence-corrected chi connectivity index (χ3v) is 7.41. The zero-order valence-electron chi connectivity index (χ0n) is 16.2. The molecule has 0 radical (unpaired) electrons. The molecule has 4 rings (SSSR count). The molecule has 1 heterocycles. The fraction of sp³-hybridized carbons (Fsp3) is 0.0455. The molecule has 0 spiro atoms. The first-order chi connectivity index (χ1) is 15.4. The molecule has 10 heteroatoms. The van der Waals surface area contributed by atoms with Gasteiger partial charge in [-0.3, -0.25) is 9.79 Å². The molecule has 0 fully saturated rings. The summed E-state index contributed by atoms with van der Waals surface area (Å²) in [5.41, 5.74) is 2.71. The maximum Gasteiger partial charge on any atom is 0.234 e. The molecule has 5 nitrogen and oxygen atoms in total. The number of anilines is 1. The van der Waals surface area contributed by atoms with Crippen LogP contribution in [0, 0.1) is 0 Å². The Bertz CT molecular complexity index is 1330. The average molecular weight is 567 g/mol. The zero-order valence-corrected chi connectivity index (χ0v) is 20.9. The largest absolute Gasteiger partial charge is 0.506 e. The molecule has 2 N–H and O–H groups in total. The number of benzene rings is 3. The lowest BCUT2D eigenvalue weighted by atomic mass is 10.2. The van der Waals surface area contributed by atoms with Crippen molar-refractivity contribution in [3.05, 3.63) is 74.7 Å². The van der Waals surface area contributed by atoms with E-state index in [1.165, 1.54) is 35.4 Å². The van der Waals surface area contributed by atoms with Gasteiger partial charge in [-0.1, -0.05) is 50.9 Å². The van der Waals surface area contributed by atoms with E-state index in [-0.39, 0.29) is 22.4 Å². The Kier molecular flexibility index (Phi) is 7.37. The van der Waals surface area contributed by atoms with E-state index < -0.39 is 0 Å². The molecule has 0 aliphatic carbocycles. The van der Waals surface area contributed by atoms with Gasteiger partial charge in [0.05, 0.1) is 26.7 Å². The van der Waals surface area contributed by atoms with Crippen LogP contribution in [-0.4, -0.2) is 28.0 Å². The minimum Gasteiger partial charge on any atom is -0.506 e. The SMILES string of the molecule is O=C(CSc1nc2ccc(N=Cc3cc(Cl)cc(Cl)c3O)cc2s1)Nc1ccc(Br)cc1. The van der Waals surface area contributed by atoms with Gasteiger partial charge in [0.25, 0.3) is 0 Å². The molecule has 0 saturated carbocycles. The Labute approximate surface area is 210 Å². The maximum atomic E-state index is 12.2. The van der Waals surface area contributed by atoms with Crippen LogP contribution in [-0.2, 0) is 4.79 Å². The zero-order chi connectivity index (χ0) is 22.7. The van der Waals surface area contributed by atoms with Gasteiger partial charge in [0, 0.05) is 27.0 Å². The van der Waals surface area contributed by atoms with E-state index in [1.54, 1.807) is 6.07 Å². The van der Waals surface area contributed by atoms with Gasteiger partial charge >= 0.3 is 0 Å². The van der Waals surface area contributed by atoms with Crippen molar-refractivity contribution in [3.63, 3.8) is 0 Å². The van der Waals surface area contributed by atoms with E-state index in [2.05, 4.69) is 31.2 Å². The number of aromatic hydroxyl groups is 1. The minimum absolute atomic E-state index is 0.0706. The summed E-state index contributed by atoms with van der Waals surface area (Å²) in [6, 6.07) is 16.1. The third-order valence-electron chi connectivity index (χ3n) is 4.22. The topological polar surface area (TPSA) is 74.6 Å². The quantitative estimate of drug-likeness (QED) is 0.186. The minimum atomic E-state index is -0.0955. The van der Waals surface area contributed by atoms with Gasteiger partial charge in [-0.25, -0.2) is 4.98 Å². The van der Waals surface area contributed by atoms with Gasteiger partial charge in [-0.05, 0) is 54.6 Å². The Hall–Kier alpha value is -2.10. The number of rotatable bonds is 6. The molecule has 32 heavy (non-hydrogen) atoms. The first-order valence-electron chi connectivity index (χ1n) is 9.18. The molecule has 3 aromatic carbocycles. The lowest BCUT2D eigenvalue weighted by Gasteiger charge is -2.03. The molecule has 162 valence electrons. The number of hydrogen-bond acceptors (Lipinski definition) is 6. The van der Waals surface area contributed by atoms with Crippen LogP contribution >= 0.6 is 62.2 Å². The molecular formula is C22H14BrCl2N3O2S2. The first-order valence-corrected chi connectivity index (χ1v) is 12.5. The van der Waals surface area contributed by atoms with E-state index in [4.69, 9.17) is 23.2 Å². The molecule has 1 amide bonds. The number of nitrogens with zero attached hydrogens (tertiary/aromatic N) is 2. The molecule has 0 unspecified atom stereocenters. The standard InChI is InChI=1S/C22H14BrCl2N3O2S2/c23-13-1-3-15(4-2-13)27-20(29)11-31-22-28-18-6-5-16(9-19(18)32-22)26-10-12-7-14(24)8-17(25)21(12)30/h1-10,30H,11H2,(H,27,29). The highest BCUT2D eigenvalue weighted by atomic mass is 79.9. The summed E-state index contributed by atoms with van der Waals surface area (Å²) in [5.74, 6) is 0.0936. The van der Waals surface area contributed by atoms with Crippen LogP contribution in [0.1, 0.15) is 5.56 Å². The van der Waals surface area contributed by atoms with Crippen molar-refractivity contribution in [3.8, 4) is 5.75 Å². The second-order valence-corrected chi connectivity index (χ2v) is 10.6. The second-order valence-electron chi connectivity index (χ2n) is 6.56. The number of nitrogens with one attached hydrogen (secondary N) is 1. The van der Waals surface area contributed by atoms with Crippen LogP contribution in [0.3, 0.4) is 0 Å². The van der Waals surface area contributed by atoms with E-state index >= 15 is 0 Å². The maximum absolute atomic E-state index is 12.2. The van der Waals surface area contributed by atoms with E-state index in [0.717, 1.165) is 24.7 Å². The van der Waals surface area contributed by atoms with Crippen molar-refractivity contribution < 1.29 is 9.90 Å². The fourth-order valence-corrected chi connectivity index (χ4v) is 5.40. The number of halogens is 3. The third kappa shape index (κ3) is 5.82. The van der Waals surface area contributed by atoms with Crippen LogP contribution < -0.4 is 5.32 Å². The van der Waals surface area contributed by atoms with Crippen molar-refractivity contribution in [1.29, 1.82) is 0 Å². The van der Waals surface area contributed by atoms with Gasteiger partial charge < -0.3 is 10.4 Å². The molecule has 4 aromatic rings. The van der Waals surface area contributed by atoms with Crippen molar-refractivity contribution >= 4 is 95.9 Å². The summed E-state index contributed by atoms with van der Waals surface area (Å²) in [7, 11) is 0. The Morgan fingerprint density at radius 3 is 2.75 bits per heavy atom. The molecule has 0 aliphatic heterocycles. The van der Waals surface area contributed by atoms with Crippen LogP contribution in [0.4, 0.5) is 11.4 Å². The summed E-state index contributed by atoms with van der Waals surface area (Å²) in [6.45, 7) is 0. The smallest absolute Gasteiger partial charge is 0.234 e. The summed E-state index contributed by atoms with van der Waals surface area (Å²) in [6.07, 6.45) is 1.51. The molecule has 0 saturated heterocycles. The normalized spacial score (nSPS) is 11.3. The van der Waals surface area contributed by atoms with Gasteiger partial charge in [0.15, 0.2) is 4.34 Å². The Morgan fingerprint density at radius 2 is 1.97 bits per heavy atom. The molecular weight excluding hydrogens is 553 g/mol. The molecule has 0 aliphatic rings. The summed E-state index contributed by atoms with van der Waals surface area (Å²) in [5, 5.41) is 13.5. The van der Waals surface area contributed by atoms with Gasteiger partial charge in [0.1, 0.15) is 5.75 Å². The van der Waals surface area contributed by atoms with E-state index in [0.29, 0.717) is 16.3 Å². The highest BCUT2D eigenvalue weighted by molar-refractivity contribution is 9.10. The lowest BCUT2D eigenvalue weighted by Crippen LogP contribution is -2.13. The highest BCUT2D eigenvalue weighted by Crippen LogP contribution is 2.33. The number of fused-ring (bicyclic) bond motifs is 1. The van der Waals surface area contributed by atoms with Crippen molar-refractivity contribution in [2.45, 2.75) is 4.34 Å². The summed E-state index contributed by atoms with van der Waals surface area (Å²) >= 11 is 18.2. The number of carbonyl (C=O) groups excluding carboxylic acids is 1. The number of thiazole rings is 1. The number of aliphatic imine (C=N–C) groups is 1. The van der Waals surface area contributed by atoms with Crippen LogP contribution in [0.5, 0.6) is 5.75 Å². The highest BCUT2D eigenvalue weighted by Gasteiger charge is 2.10. The number of thioether (sulfide) groups is 1. The van der Waals surface area contributed by atoms with Gasteiger partial charge in [0.2, 0.25) is 5.91 Å². The monoisotopic (exact) mass is 565 g/mol. The predicted octanol–water partition coefficient (Wildman–Crippen LogP) is 7.55. The van der Waals surface area contributed by atoms with E-state index in [1.807, 2.05) is 42.5 Å². The number of phenols is 1. The molecule has 0 atom stereocenters. The van der Waals surface area contributed by atoms with Crippen LogP contribution in [0.15, 0.2) is 68.4 Å². The summed E-state index contributed by atoms with van der Waals surface area (Å²) < 4.78 is 2.70. The number of phenolic OH excluding ortho intramolecular Hbond substituents is 1. The van der Waals surface area contributed by atoms with Crippen molar-refractivity contribution in [2.75, 3.05) is 11.1 Å². The van der Waals surface area contributed by atoms with Crippen molar-refractivity contribution in [2.24, 2.45) is 4.99 Å². The number of aromatic nitrogens is 1. The van der Waals surface area contributed by atoms with Crippen LogP contribution in [0.25, 0.3) is 10.2 Å². The number of hydrogen-bond donors (Lipinski definition) is 2. The predicted molar refractivity (Wildman–Crippen MR) is 138 cm³/mol. The first kappa shape index (κ1) is 23.1. The van der Waals surface area contributed by atoms with E-state index in [9.17, 15) is 9.90 Å². The fourth-order valence-electron chi connectivity index (χ4n) is 2.72. The second kappa shape index (κ2) is 10.2. The van der Waals surface area contributed by atoms with Gasteiger partial charge in [-0.2, -0.15) is 0 Å². The summed E-state index contributed by atoms with van der Waals surface area (Å²) in [4.78, 5) is 21.2. The molecule has 0 bridgehead atoms.